The van der Waals surface area contributed by atoms with Gasteiger partial charge in [-0.3, -0.25) is 9.69 Å². The second-order valence-corrected chi connectivity index (χ2v) is 10.1. The van der Waals surface area contributed by atoms with Gasteiger partial charge in [-0.1, -0.05) is 41.0 Å². The lowest BCUT2D eigenvalue weighted by Gasteiger charge is -2.37. The number of aryl methyl sites for hydroxylation is 1. The number of carbonyl (C=O) groups excluding carboxylic acids is 1. The summed E-state index contributed by atoms with van der Waals surface area (Å²) in [5.41, 5.74) is 4.27. The van der Waals surface area contributed by atoms with Crippen LogP contribution in [0.25, 0.3) is 0 Å². The molecule has 1 aromatic heterocycles. The molecule has 2 N–H and O–H groups in total. The number of hydrogen-bond donors (Lipinski definition) is 2. The minimum atomic E-state index is -0.222. The van der Waals surface area contributed by atoms with Crippen LogP contribution < -0.4 is 20.4 Å². The van der Waals surface area contributed by atoms with Crippen LogP contribution in [0.15, 0.2) is 47.6 Å². The monoisotopic (exact) mass is 514 g/mol. The van der Waals surface area contributed by atoms with Crippen molar-refractivity contribution < 1.29 is 4.79 Å². The van der Waals surface area contributed by atoms with Gasteiger partial charge in [0.15, 0.2) is 0 Å². The van der Waals surface area contributed by atoms with Crippen molar-refractivity contribution >= 4 is 63.9 Å². The molecule has 3 aromatic rings. The molecule has 3 heterocycles. The maximum absolute atomic E-state index is 13.1. The Bertz CT molecular complexity index is 1240. The smallest absolute Gasteiger partial charge is 0.263 e. The summed E-state index contributed by atoms with van der Waals surface area (Å²) in [6, 6.07) is 11.9. The van der Waals surface area contributed by atoms with Gasteiger partial charge in [0.25, 0.3) is 5.91 Å². The fourth-order valence-electron chi connectivity index (χ4n) is 4.31. The minimum Gasteiger partial charge on any atom is -0.366 e. The van der Waals surface area contributed by atoms with Crippen LogP contribution >= 0.6 is 35.0 Å². The molecule has 0 radical (unpaired) electrons. The molecule has 1 atom stereocenters. The summed E-state index contributed by atoms with van der Waals surface area (Å²) in [4.78, 5) is 26.1. The molecule has 7 nitrogen and oxygen atoms in total. The summed E-state index contributed by atoms with van der Waals surface area (Å²) >= 11 is 14.1. The molecule has 0 unspecified atom stereocenters. The molecule has 0 saturated carbocycles. The highest BCUT2D eigenvalue weighted by molar-refractivity contribution is 7.99. The Morgan fingerprint density at radius 1 is 1.21 bits per heavy atom. The van der Waals surface area contributed by atoms with Gasteiger partial charge in [-0.15, -0.1) is 0 Å². The van der Waals surface area contributed by atoms with Gasteiger partial charge >= 0.3 is 0 Å². The van der Waals surface area contributed by atoms with Gasteiger partial charge in [-0.2, -0.15) is 0 Å². The van der Waals surface area contributed by atoms with E-state index in [4.69, 9.17) is 23.2 Å². The number of halogens is 2. The zero-order chi connectivity index (χ0) is 23.8. The Hall–Kier alpha value is -2.52. The van der Waals surface area contributed by atoms with Crippen molar-refractivity contribution in [1.82, 2.24) is 15.3 Å². The van der Waals surface area contributed by atoms with Crippen molar-refractivity contribution in [3.8, 4) is 0 Å². The molecule has 10 heteroatoms. The topological polar surface area (TPSA) is 73.4 Å². The van der Waals surface area contributed by atoms with Crippen molar-refractivity contribution in [1.29, 1.82) is 0 Å². The fourth-order valence-corrected chi connectivity index (χ4v) is 5.86. The molecule has 176 valence electrons. The molecule has 1 amide bonds. The second-order valence-electron chi connectivity index (χ2n) is 8.36. The molecule has 0 bridgehead atoms. The van der Waals surface area contributed by atoms with E-state index in [-0.39, 0.29) is 5.91 Å². The number of aromatic nitrogens is 2. The molecular formula is C24H24Cl2N6OS. The minimum absolute atomic E-state index is 0.222. The summed E-state index contributed by atoms with van der Waals surface area (Å²) in [5, 5.41) is 8.20. The normalized spacial score (nSPS) is 18.1. The van der Waals surface area contributed by atoms with E-state index in [1.54, 1.807) is 29.3 Å². The van der Waals surface area contributed by atoms with Crippen molar-refractivity contribution in [3.63, 3.8) is 0 Å². The number of hydrogen-bond acceptors (Lipinski definition) is 7. The first-order valence-electron chi connectivity index (χ1n) is 11.0. The summed E-state index contributed by atoms with van der Waals surface area (Å²) in [5.74, 6) is 0.592. The predicted molar refractivity (Wildman–Crippen MR) is 140 cm³/mol. The zero-order valence-corrected chi connectivity index (χ0v) is 21.1. The van der Waals surface area contributed by atoms with Crippen molar-refractivity contribution in [2.24, 2.45) is 0 Å². The van der Waals surface area contributed by atoms with E-state index in [0.717, 1.165) is 25.3 Å². The Morgan fingerprint density at radius 3 is 2.74 bits per heavy atom. The molecule has 34 heavy (non-hydrogen) atoms. The van der Waals surface area contributed by atoms with E-state index in [2.05, 4.69) is 51.5 Å². The molecule has 2 aliphatic heterocycles. The number of nitrogens with one attached hydrogen (secondary N) is 2. The van der Waals surface area contributed by atoms with Crippen molar-refractivity contribution in [2.45, 2.75) is 24.9 Å². The first-order valence-corrected chi connectivity index (χ1v) is 12.8. The standard InChI is InChI=1S/C24H24Cl2N6OS/c1-14-10-16(6-7-20(14)31-9-8-27-11-15(31)2)29-24-28-12-17-22(30-24)34-13-32(23(17)33)21-18(25)4-3-5-19(21)26/h3-7,10,12,15,27H,8-9,11,13H2,1-2H3,(H,28,29,30)/t15-/m0/s1. The van der Waals surface area contributed by atoms with Crippen LogP contribution in [0.4, 0.5) is 23.0 Å². The Morgan fingerprint density at radius 2 is 2.00 bits per heavy atom. The molecule has 1 saturated heterocycles. The number of para-hydroxylation sites is 1. The van der Waals surface area contributed by atoms with Gasteiger partial charge in [0.2, 0.25) is 5.95 Å². The molecular weight excluding hydrogens is 491 g/mol. The highest BCUT2D eigenvalue weighted by Crippen LogP contribution is 2.39. The second kappa shape index (κ2) is 9.62. The largest absolute Gasteiger partial charge is 0.366 e. The molecule has 1 fully saturated rings. The molecule has 2 aliphatic rings. The average molecular weight is 515 g/mol. The van der Waals surface area contributed by atoms with E-state index in [1.165, 1.54) is 23.0 Å². The highest BCUT2D eigenvalue weighted by atomic mass is 35.5. The zero-order valence-electron chi connectivity index (χ0n) is 18.8. The highest BCUT2D eigenvalue weighted by Gasteiger charge is 2.30. The van der Waals surface area contributed by atoms with Crippen LogP contribution in [0.5, 0.6) is 0 Å². The summed E-state index contributed by atoms with van der Waals surface area (Å²) in [7, 11) is 0. The van der Waals surface area contributed by atoms with Crippen LogP contribution in [0.2, 0.25) is 10.0 Å². The lowest BCUT2D eigenvalue weighted by atomic mass is 10.1. The van der Waals surface area contributed by atoms with Gasteiger partial charge in [0, 0.05) is 43.2 Å². The molecule has 0 aliphatic carbocycles. The van der Waals surface area contributed by atoms with Gasteiger partial charge in [-0.05, 0) is 49.7 Å². The van der Waals surface area contributed by atoms with Crippen LogP contribution in [0.1, 0.15) is 22.8 Å². The number of benzene rings is 2. The van der Waals surface area contributed by atoms with E-state index in [9.17, 15) is 4.79 Å². The molecule has 0 spiro atoms. The Balaban J connectivity index is 1.35. The predicted octanol–water partition coefficient (Wildman–Crippen LogP) is 5.34. The van der Waals surface area contributed by atoms with E-state index < -0.39 is 0 Å². The maximum atomic E-state index is 13.1. The number of amides is 1. The quantitative estimate of drug-likeness (QED) is 0.455. The summed E-state index contributed by atoms with van der Waals surface area (Å²) in [6.07, 6.45) is 1.56. The molecule has 2 aromatic carbocycles. The first kappa shape index (κ1) is 23.2. The number of anilines is 4. The van der Waals surface area contributed by atoms with E-state index in [1.807, 2.05) is 6.07 Å². The van der Waals surface area contributed by atoms with Gasteiger partial charge in [0.1, 0.15) is 5.03 Å². The Kier molecular flexibility index (Phi) is 6.57. The third kappa shape index (κ3) is 4.43. The van der Waals surface area contributed by atoms with Crippen LogP contribution in [-0.4, -0.2) is 47.4 Å². The third-order valence-corrected chi connectivity index (χ3v) is 7.61. The van der Waals surface area contributed by atoms with Crippen molar-refractivity contribution in [2.75, 3.05) is 40.6 Å². The number of carbonyl (C=O) groups is 1. The first-order chi connectivity index (χ1) is 16.4. The van der Waals surface area contributed by atoms with Crippen LogP contribution in [0, 0.1) is 6.92 Å². The van der Waals surface area contributed by atoms with Gasteiger partial charge < -0.3 is 15.5 Å². The number of piperazine rings is 1. The number of rotatable bonds is 4. The SMILES string of the molecule is Cc1cc(Nc2ncc3c(n2)SCN(c2c(Cl)cccc2Cl)C3=O)ccc1N1CCNC[C@@H]1C. The summed E-state index contributed by atoms with van der Waals surface area (Å²) < 4.78 is 0. The number of nitrogens with zero attached hydrogens (tertiary/aromatic N) is 4. The Labute approximate surface area is 212 Å². The van der Waals surface area contributed by atoms with Crippen LogP contribution in [0.3, 0.4) is 0 Å². The number of fused-ring (bicyclic) bond motifs is 1. The number of thioether (sulfide) groups is 1. The fraction of sp³-hybridized carbons (Fsp3) is 0.292. The third-order valence-electron chi connectivity index (χ3n) is 6.03. The lowest BCUT2D eigenvalue weighted by Crippen LogP contribution is -2.50. The van der Waals surface area contributed by atoms with E-state index in [0.29, 0.717) is 44.2 Å². The van der Waals surface area contributed by atoms with Crippen molar-refractivity contribution in [3.05, 3.63) is 63.8 Å². The lowest BCUT2D eigenvalue weighted by molar-refractivity contribution is 0.0985. The summed E-state index contributed by atoms with van der Waals surface area (Å²) in [6.45, 7) is 7.32. The maximum Gasteiger partial charge on any atom is 0.263 e. The average Bonchev–Trinajstić information content (AvgIpc) is 2.81. The van der Waals surface area contributed by atoms with Gasteiger partial charge in [-0.25, -0.2) is 9.97 Å². The van der Waals surface area contributed by atoms with Crippen LogP contribution in [-0.2, 0) is 0 Å². The van der Waals surface area contributed by atoms with E-state index >= 15 is 0 Å². The van der Waals surface area contributed by atoms with Gasteiger partial charge in [0.05, 0.1) is 27.2 Å². The molecule has 5 rings (SSSR count).